The summed E-state index contributed by atoms with van der Waals surface area (Å²) in [4.78, 5) is 9.09. The van der Waals surface area contributed by atoms with Gasteiger partial charge < -0.3 is 5.32 Å². The van der Waals surface area contributed by atoms with Gasteiger partial charge in [0.05, 0.1) is 0 Å². The molecule has 3 heteroatoms. The third-order valence-electron chi connectivity index (χ3n) is 3.95. The molecule has 0 aliphatic heterocycles. The smallest absolute Gasteiger partial charge is 0.223 e. The van der Waals surface area contributed by atoms with Crippen LogP contribution < -0.4 is 5.32 Å². The van der Waals surface area contributed by atoms with Crippen molar-refractivity contribution in [1.82, 2.24) is 9.97 Å². The van der Waals surface area contributed by atoms with E-state index in [1.165, 1.54) is 25.7 Å². The van der Waals surface area contributed by atoms with Crippen LogP contribution in [0, 0.1) is 12.3 Å². The largest absolute Gasteiger partial charge is 0.354 e. The third-order valence-corrected chi connectivity index (χ3v) is 3.95. The summed E-state index contributed by atoms with van der Waals surface area (Å²) in [5, 5.41) is 3.44. The third kappa shape index (κ3) is 3.21. The van der Waals surface area contributed by atoms with Crippen LogP contribution in [-0.2, 0) is 0 Å². The predicted octanol–water partition coefficient (Wildman–Crippen LogP) is 3.90. The van der Waals surface area contributed by atoms with Crippen molar-refractivity contribution >= 4 is 5.95 Å². The Labute approximate surface area is 110 Å². The number of aryl methyl sites for hydroxylation is 1. The molecule has 1 N–H and O–H groups in total. The summed E-state index contributed by atoms with van der Waals surface area (Å²) in [6.45, 7) is 9.74. The van der Waals surface area contributed by atoms with Gasteiger partial charge in [0.2, 0.25) is 5.95 Å². The van der Waals surface area contributed by atoms with Crippen LogP contribution in [-0.4, -0.2) is 16.5 Å². The van der Waals surface area contributed by atoms with Gasteiger partial charge in [0.1, 0.15) is 0 Å². The predicted molar refractivity (Wildman–Crippen MR) is 75.9 cm³/mol. The molecule has 0 unspecified atom stereocenters. The van der Waals surface area contributed by atoms with Crippen molar-refractivity contribution in [2.24, 2.45) is 5.41 Å². The van der Waals surface area contributed by atoms with Gasteiger partial charge in [0.15, 0.2) is 0 Å². The summed E-state index contributed by atoms with van der Waals surface area (Å²) in [5.41, 5.74) is 2.61. The Morgan fingerprint density at radius 3 is 2.56 bits per heavy atom. The highest BCUT2D eigenvalue weighted by molar-refractivity contribution is 5.29. The van der Waals surface area contributed by atoms with Gasteiger partial charge in [0, 0.05) is 17.9 Å². The van der Waals surface area contributed by atoms with Crippen LogP contribution >= 0.6 is 0 Å². The van der Waals surface area contributed by atoms with Crippen molar-refractivity contribution in [3.05, 3.63) is 17.5 Å². The number of nitrogens with zero attached hydrogens (tertiary/aromatic N) is 2. The van der Waals surface area contributed by atoms with Gasteiger partial charge in [-0.25, -0.2) is 9.97 Å². The van der Waals surface area contributed by atoms with Crippen molar-refractivity contribution in [3.63, 3.8) is 0 Å². The zero-order chi connectivity index (χ0) is 13.2. The summed E-state index contributed by atoms with van der Waals surface area (Å²) in [5.74, 6) is 1.25. The quantitative estimate of drug-likeness (QED) is 0.876. The lowest BCUT2D eigenvalue weighted by molar-refractivity contribution is 0.361. The first-order valence-corrected chi connectivity index (χ1v) is 7.08. The Morgan fingerprint density at radius 1 is 1.28 bits per heavy atom. The van der Waals surface area contributed by atoms with Gasteiger partial charge in [0.25, 0.3) is 0 Å². The molecule has 0 saturated heterocycles. The monoisotopic (exact) mass is 247 g/mol. The van der Waals surface area contributed by atoms with Crippen molar-refractivity contribution < 1.29 is 0 Å². The fourth-order valence-corrected chi connectivity index (χ4v) is 2.67. The van der Waals surface area contributed by atoms with Gasteiger partial charge in [-0.05, 0) is 37.2 Å². The fourth-order valence-electron chi connectivity index (χ4n) is 2.67. The maximum atomic E-state index is 4.60. The maximum Gasteiger partial charge on any atom is 0.223 e. The number of hydrogen-bond donors (Lipinski definition) is 1. The Hall–Kier alpha value is -1.12. The molecular formula is C15H25N3. The molecule has 1 heterocycles. The summed E-state index contributed by atoms with van der Waals surface area (Å²) < 4.78 is 0. The Bertz CT molecular complexity index is 406. The second-order valence-electron chi connectivity index (χ2n) is 6.28. The van der Waals surface area contributed by atoms with Gasteiger partial charge in [-0.1, -0.05) is 33.6 Å². The summed E-state index contributed by atoms with van der Waals surface area (Å²) in [6, 6.07) is 2.08. The zero-order valence-corrected chi connectivity index (χ0v) is 12.1. The fraction of sp³-hybridized carbons (Fsp3) is 0.733. The molecule has 3 nitrogen and oxygen atoms in total. The zero-order valence-electron chi connectivity index (χ0n) is 12.1. The van der Waals surface area contributed by atoms with Crippen LogP contribution in [0.25, 0.3) is 0 Å². The van der Waals surface area contributed by atoms with Crippen LogP contribution in [0.2, 0.25) is 0 Å². The molecule has 0 atom stereocenters. The first kappa shape index (κ1) is 13.3. The minimum absolute atomic E-state index is 0.436. The number of rotatable bonds is 4. The van der Waals surface area contributed by atoms with Gasteiger partial charge >= 0.3 is 0 Å². The van der Waals surface area contributed by atoms with Gasteiger partial charge in [-0.3, -0.25) is 0 Å². The van der Waals surface area contributed by atoms with Crippen LogP contribution in [0.5, 0.6) is 0 Å². The van der Waals surface area contributed by atoms with Gasteiger partial charge in [-0.15, -0.1) is 0 Å². The molecule has 1 aliphatic carbocycles. The molecule has 100 valence electrons. The highest BCUT2D eigenvalue weighted by Gasteiger charge is 2.28. The average molecular weight is 247 g/mol. The van der Waals surface area contributed by atoms with E-state index in [1.54, 1.807) is 0 Å². The lowest BCUT2D eigenvalue weighted by Crippen LogP contribution is -2.24. The maximum absolute atomic E-state index is 4.60. The molecule has 1 aromatic rings. The minimum atomic E-state index is 0.436. The van der Waals surface area contributed by atoms with Gasteiger partial charge in [-0.2, -0.15) is 0 Å². The molecule has 0 radical (unpaired) electrons. The molecule has 1 saturated carbocycles. The average Bonchev–Trinajstić information content (AvgIpc) is 2.73. The highest BCUT2D eigenvalue weighted by atomic mass is 15.1. The van der Waals surface area contributed by atoms with E-state index < -0.39 is 0 Å². The molecule has 18 heavy (non-hydrogen) atoms. The molecule has 1 aliphatic rings. The lowest BCUT2D eigenvalue weighted by atomic mass is 9.89. The molecular weight excluding hydrogens is 222 g/mol. The van der Waals surface area contributed by atoms with Crippen molar-refractivity contribution in [3.8, 4) is 0 Å². The summed E-state index contributed by atoms with van der Waals surface area (Å²) in [6.07, 6.45) is 5.37. The molecule has 0 aromatic carbocycles. The number of nitrogens with one attached hydrogen (secondary N) is 1. The second kappa shape index (κ2) is 5.25. The highest BCUT2D eigenvalue weighted by Crippen LogP contribution is 2.37. The van der Waals surface area contributed by atoms with E-state index in [2.05, 4.69) is 42.1 Å². The van der Waals surface area contributed by atoms with Crippen molar-refractivity contribution in [1.29, 1.82) is 0 Å². The molecule has 2 rings (SSSR count). The molecule has 1 aromatic heterocycles. The summed E-state index contributed by atoms with van der Waals surface area (Å²) >= 11 is 0. The van der Waals surface area contributed by atoms with Crippen LogP contribution in [0.4, 0.5) is 5.95 Å². The van der Waals surface area contributed by atoms with E-state index in [-0.39, 0.29) is 0 Å². The van der Waals surface area contributed by atoms with Crippen LogP contribution in [0.1, 0.15) is 63.8 Å². The van der Waals surface area contributed by atoms with E-state index in [4.69, 9.17) is 0 Å². The minimum Gasteiger partial charge on any atom is -0.354 e. The first-order valence-electron chi connectivity index (χ1n) is 7.08. The van der Waals surface area contributed by atoms with E-state index in [1.807, 2.05) is 6.92 Å². The standard InChI is InChI=1S/C15H25N3/c1-11(2)13-9-12(3)17-14(18-13)16-10-15(4)7-5-6-8-15/h9,11H,5-8,10H2,1-4H3,(H,16,17,18). The number of aromatic nitrogens is 2. The lowest BCUT2D eigenvalue weighted by Gasteiger charge is -2.24. The topological polar surface area (TPSA) is 37.8 Å². The van der Waals surface area contributed by atoms with Crippen molar-refractivity contribution in [2.45, 2.75) is 59.3 Å². The summed E-state index contributed by atoms with van der Waals surface area (Å²) in [7, 11) is 0. The van der Waals surface area contributed by atoms with E-state index in [9.17, 15) is 0 Å². The van der Waals surface area contributed by atoms with Crippen molar-refractivity contribution in [2.75, 3.05) is 11.9 Å². The normalized spacial score (nSPS) is 18.3. The molecule has 0 bridgehead atoms. The SMILES string of the molecule is Cc1cc(C(C)C)nc(NCC2(C)CCCC2)n1. The molecule has 0 spiro atoms. The first-order chi connectivity index (χ1) is 8.48. The molecule has 1 fully saturated rings. The van der Waals surface area contributed by atoms with E-state index >= 15 is 0 Å². The van der Waals surface area contributed by atoms with E-state index in [0.29, 0.717) is 11.3 Å². The van der Waals surface area contributed by atoms with Crippen LogP contribution in [0.15, 0.2) is 6.07 Å². The Kier molecular flexibility index (Phi) is 3.88. The number of hydrogen-bond acceptors (Lipinski definition) is 3. The number of anilines is 1. The Morgan fingerprint density at radius 2 is 1.94 bits per heavy atom. The van der Waals surface area contributed by atoms with E-state index in [0.717, 1.165) is 23.9 Å². The Balaban J connectivity index is 2.04. The molecule has 0 amide bonds. The van der Waals surface area contributed by atoms with Crippen LogP contribution in [0.3, 0.4) is 0 Å². The second-order valence-corrected chi connectivity index (χ2v) is 6.28.